The van der Waals surface area contributed by atoms with E-state index in [4.69, 9.17) is 21.1 Å². The van der Waals surface area contributed by atoms with Crippen molar-refractivity contribution < 1.29 is 14.6 Å². The van der Waals surface area contributed by atoms with Gasteiger partial charge in [-0.25, -0.2) is 0 Å². The van der Waals surface area contributed by atoms with Gasteiger partial charge in [-0.3, -0.25) is 0 Å². The fraction of sp³-hybridized carbons (Fsp3) is 0.500. The molecule has 1 saturated heterocycles. The molecule has 1 aliphatic rings. The summed E-state index contributed by atoms with van der Waals surface area (Å²) in [5, 5.41) is 10.8. The van der Waals surface area contributed by atoms with Crippen LogP contribution in [0, 0.1) is 0 Å². The summed E-state index contributed by atoms with van der Waals surface area (Å²) in [6.45, 7) is 1.47. The predicted molar refractivity (Wildman–Crippen MR) is 61.9 cm³/mol. The van der Waals surface area contributed by atoms with Crippen LogP contribution in [0.3, 0.4) is 0 Å². The van der Waals surface area contributed by atoms with Crippen LogP contribution in [-0.4, -0.2) is 30.5 Å². The van der Waals surface area contributed by atoms with Crippen molar-refractivity contribution in [2.24, 2.45) is 0 Å². The van der Waals surface area contributed by atoms with E-state index < -0.39 is 5.60 Å². The van der Waals surface area contributed by atoms with Gasteiger partial charge in [0, 0.05) is 31.1 Å². The molecular formula is C12H15ClO3. The molecule has 0 bridgehead atoms. The smallest absolute Gasteiger partial charge is 0.120 e. The number of halogens is 1. The summed E-state index contributed by atoms with van der Waals surface area (Å²) in [7, 11) is 0. The SMILES string of the molecule is OC1(COc2cccc(Cl)c2)CCOCC1. The van der Waals surface area contributed by atoms with E-state index in [0.29, 0.717) is 36.8 Å². The Bertz CT molecular complexity index is 348. The van der Waals surface area contributed by atoms with Crippen molar-refractivity contribution in [3.8, 4) is 5.75 Å². The summed E-state index contributed by atoms with van der Waals surface area (Å²) < 4.78 is 10.7. The Morgan fingerprint density at radius 3 is 2.81 bits per heavy atom. The van der Waals surface area contributed by atoms with Crippen molar-refractivity contribution in [1.29, 1.82) is 0 Å². The van der Waals surface area contributed by atoms with Crippen molar-refractivity contribution >= 4 is 11.6 Å². The minimum absolute atomic E-state index is 0.288. The van der Waals surface area contributed by atoms with Crippen LogP contribution in [0.1, 0.15) is 12.8 Å². The lowest BCUT2D eigenvalue weighted by Crippen LogP contribution is -2.41. The average molecular weight is 243 g/mol. The fourth-order valence-electron chi connectivity index (χ4n) is 1.67. The van der Waals surface area contributed by atoms with E-state index in [-0.39, 0.29) is 6.61 Å². The monoisotopic (exact) mass is 242 g/mol. The van der Waals surface area contributed by atoms with E-state index >= 15 is 0 Å². The largest absolute Gasteiger partial charge is 0.491 e. The molecule has 0 radical (unpaired) electrons. The van der Waals surface area contributed by atoms with Crippen LogP contribution in [0.25, 0.3) is 0 Å². The van der Waals surface area contributed by atoms with Crippen LogP contribution >= 0.6 is 11.6 Å². The number of hydrogen-bond donors (Lipinski definition) is 1. The summed E-state index contributed by atoms with van der Waals surface area (Å²) in [5.41, 5.74) is -0.763. The summed E-state index contributed by atoms with van der Waals surface area (Å²) in [6.07, 6.45) is 1.24. The van der Waals surface area contributed by atoms with E-state index in [1.165, 1.54) is 0 Å². The van der Waals surface area contributed by atoms with E-state index in [1.807, 2.05) is 12.1 Å². The minimum Gasteiger partial charge on any atom is -0.491 e. The lowest BCUT2D eigenvalue weighted by atomic mass is 9.96. The van der Waals surface area contributed by atoms with Gasteiger partial charge in [0.1, 0.15) is 18.0 Å². The van der Waals surface area contributed by atoms with Crippen LogP contribution in [0.5, 0.6) is 5.75 Å². The first kappa shape index (κ1) is 11.7. The zero-order chi connectivity index (χ0) is 11.4. The van der Waals surface area contributed by atoms with E-state index in [2.05, 4.69) is 0 Å². The lowest BCUT2D eigenvalue weighted by molar-refractivity contribution is -0.0855. The number of rotatable bonds is 3. The Kier molecular flexibility index (Phi) is 3.69. The second-order valence-electron chi connectivity index (χ2n) is 4.08. The fourth-order valence-corrected chi connectivity index (χ4v) is 1.85. The van der Waals surface area contributed by atoms with Crippen molar-refractivity contribution in [2.45, 2.75) is 18.4 Å². The maximum atomic E-state index is 10.2. The van der Waals surface area contributed by atoms with Crippen LogP contribution in [0.4, 0.5) is 0 Å². The van der Waals surface area contributed by atoms with Gasteiger partial charge >= 0.3 is 0 Å². The lowest BCUT2D eigenvalue weighted by Gasteiger charge is -2.31. The molecule has 0 unspecified atom stereocenters. The first-order valence-electron chi connectivity index (χ1n) is 5.36. The molecule has 1 heterocycles. The first-order valence-corrected chi connectivity index (χ1v) is 5.74. The third-order valence-electron chi connectivity index (χ3n) is 2.73. The molecule has 0 atom stereocenters. The van der Waals surface area contributed by atoms with Gasteiger partial charge in [-0.1, -0.05) is 17.7 Å². The Labute approximate surface area is 99.9 Å². The van der Waals surface area contributed by atoms with Crippen molar-refractivity contribution in [2.75, 3.05) is 19.8 Å². The van der Waals surface area contributed by atoms with Crippen molar-refractivity contribution in [3.63, 3.8) is 0 Å². The summed E-state index contributed by atoms with van der Waals surface area (Å²) in [6, 6.07) is 7.18. The maximum absolute atomic E-state index is 10.2. The second-order valence-corrected chi connectivity index (χ2v) is 4.52. The average Bonchev–Trinajstić information content (AvgIpc) is 2.28. The highest BCUT2D eigenvalue weighted by molar-refractivity contribution is 6.30. The molecule has 0 amide bonds. The standard InChI is InChI=1S/C12H15ClO3/c13-10-2-1-3-11(8-10)16-9-12(14)4-6-15-7-5-12/h1-3,8,14H,4-7,9H2. The Hall–Kier alpha value is -0.770. The highest BCUT2D eigenvalue weighted by atomic mass is 35.5. The molecule has 0 saturated carbocycles. The summed E-state index contributed by atoms with van der Waals surface area (Å²) in [5.74, 6) is 0.687. The molecule has 0 aromatic heterocycles. The number of aliphatic hydroxyl groups is 1. The van der Waals surface area contributed by atoms with Gasteiger partial charge in [0.2, 0.25) is 0 Å². The molecular weight excluding hydrogens is 228 g/mol. The quantitative estimate of drug-likeness (QED) is 0.884. The highest BCUT2D eigenvalue weighted by Crippen LogP contribution is 2.23. The van der Waals surface area contributed by atoms with Crippen LogP contribution in [0.2, 0.25) is 5.02 Å². The third-order valence-corrected chi connectivity index (χ3v) is 2.96. The van der Waals surface area contributed by atoms with E-state index in [9.17, 15) is 5.11 Å². The molecule has 1 aromatic rings. The molecule has 16 heavy (non-hydrogen) atoms. The van der Waals surface area contributed by atoms with Gasteiger partial charge in [0.25, 0.3) is 0 Å². The third kappa shape index (κ3) is 3.11. The minimum atomic E-state index is -0.763. The Balaban J connectivity index is 1.91. The second kappa shape index (κ2) is 5.04. The molecule has 1 fully saturated rings. The molecule has 1 aromatic carbocycles. The van der Waals surface area contributed by atoms with Crippen LogP contribution in [-0.2, 0) is 4.74 Å². The summed E-state index contributed by atoms with van der Waals surface area (Å²) in [4.78, 5) is 0. The van der Waals surface area contributed by atoms with Gasteiger partial charge in [0.05, 0.1) is 0 Å². The maximum Gasteiger partial charge on any atom is 0.120 e. The molecule has 1 N–H and O–H groups in total. The molecule has 2 rings (SSSR count). The molecule has 1 aliphatic heterocycles. The van der Waals surface area contributed by atoms with E-state index in [1.54, 1.807) is 12.1 Å². The predicted octanol–water partition coefficient (Wildman–Crippen LogP) is 2.26. The van der Waals surface area contributed by atoms with Crippen molar-refractivity contribution in [1.82, 2.24) is 0 Å². The van der Waals surface area contributed by atoms with Crippen molar-refractivity contribution in [3.05, 3.63) is 29.3 Å². The van der Waals surface area contributed by atoms with Crippen LogP contribution < -0.4 is 4.74 Å². The van der Waals surface area contributed by atoms with Gasteiger partial charge in [-0.05, 0) is 18.2 Å². The highest BCUT2D eigenvalue weighted by Gasteiger charge is 2.30. The topological polar surface area (TPSA) is 38.7 Å². The molecule has 4 heteroatoms. The number of benzene rings is 1. The normalized spacial score (nSPS) is 19.4. The Morgan fingerprint density at radius 1 is 1.38 bits per heavy atom. The molecule has 88 valence electrons. The van der Waals surface area contributed by atoms with Gasteiger partial charge in [-0.15, -0.1) is 0 Å². The molecule has 0 aliphatic carbocycles. The first-order chi connectivity index (χ1) is 7.68. The number of ether oxygens (including phenoxy) is 2. The Morgan fingerprint density at radius 2 is 2.12 bits per heavy atom. The zero-order valence-corrected chi connectivity index (χ0v) is 9.74. The van der Waals surface area contributed by atoms with Gasteiger partial charge < -0.3 is 14.6 Å². The zero-order valence-electron chi connectivity index (χ0n) is 8.99. The summed E-state index contributed by atoms with van der Waals surface area (Å²) >= 11 is 5.84. The number of hydrogen-bond acceptors (Lipinski definition) is 3. The van der Waals surface area contributed by atoms with Gasteiger partial charge in [-0.2, -0.15) is 0 Å². The van der Waals surface area contributed by atoms with E-state index in [0.717, 1.165) is 0 Å². The van der Waals surface area contributed by atoms with Crippen LogP contribution in [0.15, 0.2) is 24.3 Å². The van der Waals surface area contributed by atoms with Gasteiger partial charge in [0.15, 0.2) is 0 Å². The molecule has 0 spiro atoms. The molecule has 3 nitrogen and oxygen atoms in total.